The normalized spacial score (nSPS) is 13.5. The van der Waals surface area contributed by atoms with Crippen molar-refractivity contribution in [2.75, 3.05) is 0 Å². The second kappa shape index (κ2) is 11.5. The van der Waals surface area contributed by atoms with Gasteiger partial charge in [-0.05, 0) is 30.5 Å². The summed E-state index contributed by atoms with van der Waals surface area (Å²) in [6.45, 7) is 0. The highest BCUT2D eigenvalue weighted by Crippen LogP contribution is 2.11. The number of rotatable bonds is 12. The fraction of sp³-hybridized carbons (Fsp3) is 0.350. The van der Waals surface area contributed by atoms with Gasteiger partial charge in [-0.15, -0.1) is 0 Å². The van der Waals surface area contributed by atoms with Gasteiger partial charge in [0.1, 0.15) is 17.8 Å². The molecule has 0 unspecified atom stereocenters. The Balaban J connectivity index is 2.08. The van der Waals surface area contributed by atoms with Crippen molar-refractivity contribution in [3.05, 3.63) is 48.0 Å². The molecule has 0 fully saturated rings. The van der Waals surface area contributed by atoms with Crippen LogP contribution in [0.3, 0.4) is 0 Å². The number of hydrogen-bond donors (Lipinski definition) is 7. The number of aromatic amines is 1. The van der Waals surface area contributed by atoms with Gasteiger partial charge in [0, 0.05) is 24.7 Å². The van der Waals surface area contributed by atoms with Crippen molar-refractivity contribution in [2.24, 2.45) is 5.73 Å². The van der Waals surface area contributed by atoms with Gasteiger partial charge in [-0.25, -0.2) is 9.78 Å². The summed E-state index contributed by atoms with van der Waals surface area (Å²) in [7, 11) is 0. The molecule has 2 aromatic rings. The van der Waals surface area contributed by atoms with E-state index < -0.39 is 48.3 Å². The van der Waals surface area contributed by atoms with Gasteiger partial charge in [-0.3, -0.25) is 14.4 Å². The highest BCUT2D eigenvalue weighted by Gasteiger charge is 2.29. The second-order valence-electron chi connectivity index (χ2n) is 7.15. The maximum atomic E-state index is 12.7. The van der Waals surface area contributed by atoms with Gasteiger partial charge in [0.2, 0.25) is 11.8 Å². The molecule has 0 spiro atoms. The lowest BCUT2D eigenvalue weighted by Gasteiger charge is -2.22. The lowest BCUT2D eigenvalue weighted by molar-refractivity contribution is -0.143. The van der Waals surface area contributed by atoms with Crippen LogP contribution in [0.1, 0.15) is 24.1 Å². The summed E-state index contributed by atoms with van der Waals surface area (Å²) in [4.78, 5) is 54.1. The third-order valence-electron chi connectivity index (χ3n) is 4.60. The predicted molar refractivity (Wildman–Crippen MR) is 110 cm³/mol. The Labute approximate surface area is 182 Å². The van der Waals surface area contributed by atoms with Crippen molar-refractivity contribution in [2.45, 2.75) is 43.8 Å². The molecule has 8 N–H and O–H groups in total. The molecule has 3 atom stereocenters. The first-order valence-electron chi connectivity index (χ1n) is 9.71. The number of nitrogens with zero attached hydrogens (tertiary/aromatic N) is 1. The number of carboxylic acids is 2. The Bertz CT molecular complexity index is 930. The molecule has 2 rings (SSSR count). The number of H-pyrrole nitrogens is 1. The summed E-state index contributed by atoms with van der Waals surface area (Å²) in [6.07, 6.45) is 2.18. The average molecular weight is 447 g/mol. The Morgan fingerprint density at radius 3 is 2.22 bits per heavy atom. The number of phenolic OH excluding ortho intramolecular Hbond substituents is 1. The molecule has 172 valence electrons. The molecule has 0 bridgehead atoms. The lowest BCUT2D eigenvalue weighted by Crippen LogP contribution is -2.55. The molecule has 1 heterocycles. The summed E-state index contributed by atoms with van der Waals surface area (Å²) in [6, 6.07) is 2.49. The molecule has 0 aliphatic rings. The van der Waals surface area contributed by atoms with Crippen molar-refractivity contribution in [1.82, 2.24) is 20.6 Å². The monoisotopic (exact) mass is 447 g/mol. The number of aromatic nitrogens is 2. The molecular weight excluding hydrogens is 422 g/mol. The molecule has 2 amide bonds. The van der Waals surface area contributed by atoms with Gasteiger partial charge in [0.15, 0.2) is 0 Å². The number of benzene rings is 1. The molecule has 0 aliphatic heterocycles. The van der Waals surface area contributed by atoms with Crippen LogP contribution in [0.4, 0.5) is 0 Å². The second-order valence-corrected chi connectivity index (χ2v) is 7.15. The number of phenols is 1. The summed E-state index contributed by atoms with van der Waals surface area (Å²) in [5.41, 5.74) is 7.16. The molecule has 0 radical (unpaired) electrons. The van der Waals surface area contributed by atoms with Gasteiger partial charge >= 0.3 is 11.9 Å². The van der Waals surface area contributed by atoms with E-state index in [1.165, 1.54) is 24.7 Å². The predicted octanol–water partition coefficient (Wildman–Crippen LogP) is -0.853. The largest absolute Gasteiger partial charge is 0.508 e. The van der Waals surface area contributed by atoms with Crippen molar-refractivity contribution in [1.29, 1.82) is 0 Å². The van der Waals surface area contributed by atoms with Gasteiger partial charge in [0.05, 0.1) is 12.4 Å². The Morgan fingerprint density at radius 1 is 1.00 bits per heavy atom. The van der Waals surface area contributed by atoms with Crippen LogP contribution < -0.4 is 16.4 Å². The topological polar surface area (TPSA) is 208 Å². The van der Waals surface area contributed by atoms with Crippen molar-refractivity contribution in [3.8, 4) is 5.75 Å². The maximum Gasteiger partial charge on any atom is 0.326 e. The number of nitrogens with two attached hydrogens (primary N) is 1. The zero-order valence-corrected chi connectivity index (χ0v) is 17.0. The third kappa shape index (κ3) is 7.72. The molecule has 32 heavy (non-hydrogen) atoms. The first-order valence-corrected chi connectivity index (χ1v) is 9.71. The van der Waals surface area contributed by atoms with Crippen LogP contribution in [0, 0.1) is 0 Å². The molecule has 1 aromatic heterocycles. The molecule has 12 heteroatoms. The Morgan fingerprint density at radius 2 is 1.66 bits per heavy atom. The lowest BCUT2D eigenvalue weighted by atomic mass is 10.0. The highest BCUT2D eigenvalue weighted by atomic mass is 16.4. The number of imidazole rings is 1. The van der Waals surface area contributed by atoms with Crippen LogP contribution in [0.2, 0.25) is 0 Å². The number of carbonyl (C=O) groups is 4. The third-order valence-corrected chi connectivity index (χ3v) is 4.60. The van der Waals surface area contributed by atoms with Crippen molar-refractivity contribution >= 4 is 23.8 Å². The number of carbonyl (C=O) groups excluding carboxylic acids is 2. The van der Waals surface area contributed by atoms with Crippen LogP contribution >= 0.6 is 0 Å². The van der Waals surface area contributed by atoms with E-state index in [1.54, 1.807) is 12.1 Å². The zero-order valence-electron chi connectivity index (χ0n) is 17.0. The minimum absolute atomic E-state index is 0.0191. The van der Waals surface area contributed by atoms with E-state index in [2.05, 4.69) is 20.6 Å². The average Bonchev–Trinajstić information content (AvgIpc) is 3.24. The zero-order chi connectivity index (χ0) is 23.7. The summed E-state index contributed by atoms with van der Waals surface area (Å²) >= 11 is 0. The van der Waals surface area contributed by atoms with Crippen molar-refractivity contribution in [3.63, 3.8) is 0 Å². The van der Waals surface area contributed by atoms with Crippen LogP contribution in [-0.4, -0.2) is 67.2 Å². The highest BCUT2D eigenvalue weighted by molar-refractivity contribution is 5.92. The number of hydrogen-bond acceptors (Lipinski definition) is 7. The quantitative estimate of drug-likeness (QED) is 0.216. The number of aromatic hydroxyl groups is 1. The number of aliphatic carboxylic acids is 2. The van der Waals surface area contributed by atoms with Gasteiger partial charge in [0.25, 0.3) is 0 Å². The first kappa shape index (κ1) is 24.3. The molecule has 0 saturated carbocycles. The SMILES string of the molecule is N[C@@H](Cc1ccc(O)cc1)C(=O)N[C@@H](Cc1cnc[nH]1)C(=O)N[C@@H](CCC(=O)O)C(=O)O. The first-order chi connectivity index (χ1) is 15.2. The molecule has 0 saturated heterocycles. The van der Waals surface area contributed by atoms with Crippen LogP contribution in [0.5, 0.6) is 5.75 Å². The minimum atomic E-state index is -1.44. The minimum Gasteiger partial charge on any atom is -0.508 e. The Kier molecular flexibility index (Phi) is 8.72. The van der Waals surface area contributed by atoms with Crippen molar-refractivity contribution < 1.29 is 34.5 Å². The molecular formula is C20H25N5O7. The van der Waals surface area contributed by atoms with E-state index in [-0.39, 0.29) is 25.0 Å². The van der Waals surface area contributed by atoms with Crippen LogP contribution in [0.25, 0.3) is 0 Å². The number of amides is 2. The standard InChI is InChI=1S/C20H25N5O7/c21-14(7-11-1-3-13(26)4-2-11)18(29)25-16(8-12-9-22-10-23-12)19(30)24-15(20(31)32)5-6-17(27)28/h1-4,9-10,14-16,26H,5-8,21H2,(H,22,23)(H,24,30)(H,25,29)(H,27,28)(H,31,32)/t14-,15-,16-/m0/s1. The number of carboxylic acid groups (broad SMARTS) is 2. The molecule has 0 aliphatic carbocycles. The van der Waals surface area contributed by atoms with Gasteiger partial charge in [-0.2, -0.15) is 0 Å². The van der Waals surface area contributed by atoms with E-state index >= 15 is 0 Å². The summed E-state index contributed by atoms with van der Waals surface area (Å²) < 4.78 is 0. The number of nitrogens with one attached hydrogen (secondary N) is 3. The fourth-order valence-corrected chi connectivity index (χ4v) is 2.88. The molecule has 12 nitrogen and oxygen atoms in total. The maximum absolute atomic E-state index is 12.7. The van der Waals surface area contributed by atoms with E-state index in [4.69, 9.17) is 10.8 Å². The van der Waals surface area contributed by atoms with Crippen LogP contribution in [-0.2, 0) is 32.0 Å². The van der Waals surface area contributed by atoms with Crippen LogP contribution in [0.15, 0.2) is 36.8 Å². The fourth-order valence-electron chi connectivity index (χ4n) is 2.88. The van der Waals surface area contributed by atoms with E-state index in [1.807, 2.05) is 0 Å². The molecule has 1 aromatic carbocycles. The summed E-state index contributed by atoms with van der Waals surface area (Å²) in [5, 5.41) is 32.2. The summed E-state index contributed by atoms with van der Waals surface area (Å²) in [5.74, 6) is -3.97. The smallest absolute Gasteiger partial charge is 0.326 e. The van der Waals surface area contributed by atoms with E-state index in [9.17, 15) is 29.4 Å². The van der Waals surface area contributed by atoms with E-state index in [0.717, 1.165) is 0 Å². The van der Waals surface area contributed by atoms with E-state index in [0.29, 0.717) is 11.3 Å². The van der Waals surface area contributed by atoms with Gasteiger partial charge < -0.3 is 36.7 Å². The van der Waals surface area contributed by atoms with Gasteiger partial charge in [-0.1, -0.05) is 12.1 Å². The Hall–Kier alpha value is -3.93.